The van der Waals surface area contributed by atoms with Crippen LogP contribution in [0.1, 0.15) is 112 Å². The lowest BCUT2D eigenvalue weighted by Gasteiger charge is -2.58. The van der Waals surface area contributed by atoms with Crippen LogP contribution in [0.5, 0.6) is 0 Å². The van der Waals surface area contributed by atoms with Crippen molar-refractivity contribution in [2.75, 3.05) is 6.61 Å². The van der Waals surface area contributed by atoms with Crippen LogP contribution in [-0.2, 0) is 19.1 Å². The van der Waals surface area contributed by atoms with Gasteiger partial charge in [0.25, 0.3) is 0 Å². The van der Waals surface area contributed by atoms with Crippen molar-refractivity contribution in [2.24, 2.45) is 46.3 Å². The van der Waals surface area contributed by atoms with E-state index in [1.807, 2.05) is 0 Å². The first-order valence-electron chi connectivity index (χ1n) is 14.5. The molecule has 4 aliphatic carbocycles. The summed E-state index contributed by atoms with van der Waals surface area (Å²) in [6, 6.07) is 0. The molecule has 0 bridgehead atoms. The number of ether oxygens (including phenoxy) is 2. The Balaban J connectivity index is 1.37. The SMILES string of the molecule is CC(=O)OC[C@H](C)CCC[C@@H](C)[C@H]1CC[C@H]2[C@@H]3CC=C4C[C@@H](OC(C)=O)CC[C@]4(C)[C@H]3CC[C@]12C. The Bertz CT molecular complexity index is 817. The van der Waals surface area contributed by atoms with Crippen molar-refractivity contribution in [2.45, 2.75) is 118 Å². The first kappa shape index (κ1) is 26.7. The average molecular weight is 487 g/mol. The van der Waals surface area contributed by atoms with E-state index in [2.05, 4.69) is 33.8 Å². The van der Waals surface area contributed by atoms with Crippen molar-refractivity contribution >= 4 is 11.9 Å². The van der Waals surface area contributed by atoms with Gasteiger partial charge in [0.15, 0.2) is 0 Å². The molecule has 4 rings (SSSR count). The molecule has 4 heteroatoms. The smallest absolute Gasteiger partial charge is 0.302 e. The van der Waals surface area contributed by atoms with Crippen LogP contribution in [0.25, 0.3) is 0 Å². The average Bonchev–Trinajstić information content (AvgIpc) is 3.15. The van der Waals surface area contributed by atoms with E-state index in [1.165, 1.54) is 58.3 Å². The van der Waals surface area contributed by atoms with Gasteiger partial charge in [0, 0.05) is 20.3 Å². The maximum atomic E-state index is 11.5. The molecule has 0 aromatic carbocycles. The summed E-state index contributed by atoms with van der Waals surface area (Å²) in [7, 11) is 0. The Morgan fingerprint density at radius 1 is 1.00 bits per heavy atom. The van der Waals surface area contributed by atoms with Crippen LogP contribution < -0.4 is 0 Å². The molecule has 35 heavy (non-hydrogen) atoms. The largest absolute Gasteiger partial charge is 0.466 e. The van der Waals surface area contributed by atoms with Gasteiger partial charge in [-0.3, -0.25) is 9.59 Å². The molecule has 0 spiro atoms. The van der Waals surface area contributed by atoms with Gasteiger partial charge in [-0.2, -0.15) is 0 Å². The standard InChI is InChI=1S/C31H50O4/c1-20(19-34-22(3)32)8-7-9-21(2)27-12-13-28-26-11-10-24-18-25(35-23(4)33)14-16-30(24,5)29(26)15-17-31(27,28)6/h10,20-21,25-29H,7-9,11-19H2,1-6H3/t20-,21-,25+,26+,27-,28+,29+,30+,31-/m1/s1. The topological polar surface area (TPSA) is 52.6 Å². The lowest BCUT2D eigenvalue weighted by atomic mass is 9.47. The zero-order chi connectivity index (χ0) is 25.4. The van der Waals surface area contributed by atoms with Crippen molar-refractivity contribution in [3.8, 4) is 0 Å². The zero-order valence-corrected chi connectivity index (χ0v) is 23.2. The first-order chi connectivity index (χ1) is 16.5. The van der Waals surface area contributed by atoms with Gasteiger partial charge >= 0.3 is 11.9 Å². The van der Waals surface area contributed by atoms with E-state index in [4.69, 9.17) is 9.47 Å². The molecule has 3 saturated carbocycles. The van der Waals surface area contributed by atoms with E-state index in [0.717, 1.165) is 48.9 Å². The Kier molecular flexibility index (Phi) is 8.08. The van der Waals surface area contributed by atoms with Gasteiger partial charge in [0.2, 0.25) is 0 Å². The number of hydrogen-bond donors (Lipinski definition) is 0. The predicted octanol–water partition coefficient (Wildman–Crippen LogP) is 7.50. The van der Waals surface area contributed by atoms with Crippen LogP contribution in [0.3, 0.4) is 0 Å². The van der Waals surface area contributed by atoms with Crippen LogP contribution in [0, 0.1) is 46.3 Å². The number of hydrogen-bond acceptors (Lipinski definition) is 4. The zero-order valence-electron chi connectivity index (χ0n) is 23.2. The highest BCUT2D eigenvalue weighted by Gasteiger charge is 2.59. The quantitative estimate of drug-likeness (QED) is 0.263. The van der Waals surface area contributed by atoms with Crippen molar-refractivity contribution < 1.29 is 19.1 Å². The summed E-state index contributed by atoms with van der Waals surface area (Å²) in [4.78, 5) is 22.6. The Labute approximate surface area is 214 Å². The molecule has 0 amide bonds. The lowest BCUT2D eigenvalue weighted by molar-refractivity contribution is -0.148. The van der Waals surface area contributed by atoms with E-state index in [9.17, 15) is 9.59 Å². The molecule has 0 radical (unpaired) electrons. The molecule has 4 nitrogen and oxygen atoms in total. The van der Waals surface area contributed by atoms with Crippen LogP contribution in [0.2, 0.25) is 0 Å². The third-order valence-electron chi connectivity index (χ3n) is 11.1. The summed E-state index contributed by atoms with van der Waals surface area (Å²) in [5.74, 6) is 4.25. The van der Waals surface area contributed by atoms with Crippen LogP contribution in [0.15, 0.2) is 11.6 Å². The monoisotopic (exact) mass is 486 g/mol. The third-order valence-corrected chi connectivity index (χ3v) is 11.1. The van der Waals surface area contributed by atoms with Gasteiger partial charge in [-0.05, 0) is 97.7 Å². The maximum absolute atomic E-state index is 11.5. The second-order valence-electron chi connectivity index (χ2n) is 13.3. The van der Waals surface area contributed by atoms with Crippen molar-refractivity contribution in [3.05, 3.63) is 11.6 Å². The van der Waals surface area contributed by atoms with E-state index >= 15 is 0 Å². The molecule has 0 aromatic heterocycles. The highest BCUT2D eigenvalue weighted by molar-refractivity contribution is 5.66. The van der Waals surface area contributed by atoms with Gasteiger partial charge in [-0.15, -0.1) is 0 Å². The minimum absolute atomic E-state index is 0.0886. The number of allylic oxidation sites excluding steroid dienone is 1. The number of fused-ring (bicyclic) bond motifs is 5. The second-order valence-corrected chi connectivity index (χ2v) is 13.3. The highest BCUT2D eigenvalue weighted by atomic mass is 16.5. The molecular formula is C31H50O4. The Hall–Kier alpha value is -1.32. The minimum atomic E-state index is -0.165. The summed E-state index contributed by atoms with van der Waals surface area (Å²) in [6.45, 7) is 13.5. The molecule has 4 aliphatic rings. The summed E-state index contributed by atoms with van der Waals surface area (Å²) in [5, 5.41) is 0. The van der Waals surface area contributed by atoms with Crippen LogP contribution in [-0.4, -0.2) is 24.6 Å². The maximum Gasteiger partial charge on any atom is 0.302 e. The predicted molar refractivity (Wildman–Crippen MR) is 140 cm³/mol. The molecule has 3 fully saturated rings. The van der Waals surface area contributed by atoms with Gasteiger partial charge in [0.1, 0.15) is 6.10 Å². The molecule has 0 aliphatic heterocycles. The number of carbonyl (C=O) groups is 2. The van der Waals surface area contributed by atoms with E-state index in [0.29, 0.717) is 23.4 Å². The van der Waals surface area contributed by atoms with E-state index in [1.54, 1.807) is 12.5 Å². The second kappa shape index (κ2) is 10.6. The number of carbonyl (C=O) groups excluding carboxylic acids is 2. The number of esters is 2. The van der Waals surface area contributed by atoms with Gasteiger partial charge in [0.05, 0.1) is 6.61 Å². The molecule has 198 valence electrons. The van der Waals surface area contributed by atoms with Gasteiger partial charge < -0.3 is 9.47 Å². The van der Waals surface area contributed by atoms with Gasteiger partial charge in [-0.1, -0.05) is 52.2 Å². The molecule has 9 atom stereocenters. The fourth-order valence-electron chi connectivity index (χ4n) is 9.27. The fraction of sp³-hybridized carbons (Fsp3) is 0.871. The highest BCUT2D eigenvalue weighted by Crippen LogP contribution is 2.67. The molecule has 0 N–H and O–H groups in total. The van der Waals surface area contributed by atoms with Crippen LogP contribution >= 0.6 is 0 Å². The first-order valence-corrected chi connectivity index (χ1v) is 14.5. The Morgan fingerprint density at radius 2 is 1.77 bits per heavy atom. The van der Waals surface area contributed by atoms with Gasteiger partial charge in [-0.25, -0.2) is 0 Å². The summed E-state index contributed by atoms with van der Waals surface area (Å²) in [6.07, 6.45) is 16.3. The lowest BCUT2D eigenvalue weighted by Crippen LogP contribution is -2.51. The summed E-state index contributed by atoms with van der Waals surface area (Å²) < 4.78 is 10.8. The molecule has 0 unspecified atom stereocenters. The summed E-state index contributed by atoms with van der Waals surface area (Å²) >= 11 is 0. The summed E-state index contributed by atoms with van der Waals surface area (Å²) in [5.41, 5.74) is 2.38. The van der Waals surface area contributed by atoms with Crippen molar-refractivity contribution in [3.63, 3.8) is 0 Å². The van der Waals surface area contributed by atoms with Crippen molar-refractivity contribution in [1.29, 1.82) is 0 Å². The van der Waals surface area contributed by atoms with Crippen LogP contribution in [0.4, 0.5) is 0 Å². The fourth-order valence-corrected chi connectivity index (χ4v) is 9.27. The molecule has 0 saturated heterocycles. The third kappa shape index (κ3) is 5.37. The van der Waals surface area contributed by atoms with E-state index in [-0.39, 0.29) is 18.0 Å². The molecular weight excluding hydrogens is 436 g/mol. The minimum Gasteiger partial charge on any atom is -0.466 e. The van der Waals surface area contributed by atoms with E-state index < -0.39 is 0 Å². The molecule has 0 heterocycles. The Morgan fingerprint density at radius 3 is 2.49 bits per heavy atom. The normalized spacial score (nSPS) is 39.9. The van der Waals surface area contributed by atoms with Crippen molar-refractivity contribution in [1.82, 2.24) is 0 Å². The number of rotatable bonds is 8. The molecule has 0 aromatic rings.